The van der Waals surface area contributed by atoms with Crippen LogP contribution in [0.2, 0.25) is 0 Å². The molecule has 72 valence electrons. The molecule has 0 spiro atoms. The van der Waals surface area contributed by atoms with Gasteiger partial charge in [0.1, 0.15) is 0 Å². The van der Waals surface area contributed by atoms with Gasteiger partial charge in [-0.25, -0.2) is 18.4 Å². The Morgan fingerprint density at radius 3 is 2.38 bits per heavy atom. The van der Waals surface area contributed by atoms with Crippen LogP contribution < -0.4 is 0 Å². The molecule has 0 saturated carbocycles. The van der Waals surface area contributed by atoms with E-state index in [-0.39, 0.29) is 5.16 Å². The van der Waals surface area contributed by atoms with Gasteiger partial charge in [0.25, 0.3) is 0 Å². The van der Waals surface area contributed by atoms with E-state index in [4.69, 9.17) is 0 Å². The Morgan fingerprint density at radius 2 is 1.92 bits per heavy atom. The zero-order chi connectivity index (χ0) is 9.90. The topological polar surface area (TPSA) is 59.9 Å². The number of rotatable bonds is 3. The maximum atomic E-state index is 11.6. The zero-order valence-electron chi connectivity index (χ0n) is 7.64. The Hall–Kier alpha value is -0.970. The fourth-order valence-electron chi connectivity index (χ4n) is 0.832. The lowest BCUT2D eigenvalue weighted by Gasteiger charge is -2.07. The van der Waals surface area contributed by atoms with E-state index < -0.39 is 15.1 Å². The lowest BCUT2D eigenvalue weighted by atomic mass is 10.4. The van der Waals surface area contributed by atoms with Crippen LogP contribution in [0.4, 0.5) is 0 Å². The fourth-order valence-corrected chi connectivity index (χ4v) is 2.05. The van der Waals surface area contributed by atoms with E-state index in [0.29, 0.717) is 6.42 Å². The van der Waals surface area contributed by atoms with Crippen LogP contribution in [0.15, 0.2) is 23.6 Å². The number of aromatic nitrogens is 2. The molecule has 0 aliphatic heterocycles. The van der Waals surface area contributed by atoms with Crippen molar-refractivity contribution in [2.45, 2.75) is 30.7 Å². The SMILES string of the molecule is CCC(C)S(=O)(=O)c1ncccn1. The molecule has 1 unspecified atom stereocenters. The second-order valence-corrected chi connectivity index (χ2v) is 5.06. The van der Waals surface area contributed by atoms with Crippen LogP contribution >= 0.6 is 0 Å². The summed E-state index contributed by atoms with van der Waals surface area (Å²) < 4.78 is 23.3. The van der Waals surface area contributed by atoms with Crippen LogP contribution in [0.5, 0.6) is 0 Å². The lowest BCUT2D eigenvalue weighted by Crippen LogP contribution is -2.19. The Morgan fingerprint density at radius 1 is 1.38 bits per heavy atom. The number of nitrogens with zero attached hydrogens (tertiary/aromatic N) is 2. The van der Waals surface area contributed by atoms with Crippen molar-refractivity contribution < 1.29 is 8.42 Å². The van der Waals surface area contributed by atoms with Gasteiger partial charge in [0.2, 0.25) is 15.0 Å². The van der Waals surface area contributed by atoms with E-state index in [0.717, 1.165) is 0 Å². The van der Waals surface area contributed by atoms with Crippen LogP contribution in [-0.4, -0.2) is 23.6 Å². The Kier molecular flexibility index (Phi) is 2.98. The highest BCUT2D eigenvalue weighted by atomic mass is 32.2. The summed E-state index contributed by atoms with van der Waals surface area (Å²) in [4.78, 5) is 7.44. The van der Waals surface area contributed by atoms with Crippen LogP contribution in [-0.2, 0) is 9.84 Å². The molecule has 0 fully saturated rings. The highest BCUT2D eigenvalue weighted by Gasteiger charge is 2.23. The first kappa shape index (κ1) is 10.1. The van der Waals surface area contributed by atoms with Gasteiger partial charge in [0, 0.05) is 12.4 Å². The van der Waals surface area contributed by atoms with Crippen molar-refractivity contribution in [2.24, 2.45) is 0 Å². The van der Waals surface area contributed by atoms with Crippen molar-refractivity contribution in [2.75, 3.05) is 0 Å². The molecule has 0 aromatic carbocycles. The van der Waals surface area contributed by atoms with Gasteiger partial charge in [0.15, 0.2) is 0 Å². The van der Waals surface area contributed by atoms with Crippen molar-refractivity contribution >= 4 is 9.84 Å². The standard InChI is InChI=1S/C8H12N2O2S/c1-3-7(2)13(11,12)8-9-5-4-6-10-8/h4-7H,3H2,1-2H3. The molecule has 0 N–H and O–H groups in total. The maximum Gasteiger partial charge on any atom is 0.247 e. The van der Waals surface area contributed by atoms with Gasteiger partial charge in [-0.05, 0) is 19.4 Å². The van der Waals surface area contributed by atoms with Crippen LogP contribution in [0.3, 0.4) is 0 Å². The van der Waals surface area contributed by atoms with E-state index in [1.54, 1.807) is 13.0 Å². The molecule has 1 aromatic rings. The number of hydrogen-bond donors (Lipinski definition) is 0. The molecule has 4 nitrogen and oxygen atoms in total. The summed E-state index contributed by atoms with van der Waals surface area (Å²) in [6.45, 7) is 3.48. The average Bonchev–Trinajstić information content (AvgIpc) is 2.18. The van der Waals surface area contributed by atoms with Crippen molar-refractivity contribution in [1.82, 2.24) is 9.97 Å². The molecule has 1 aromatic heterocycles. The second kappa shape index (κ2) is 3.83. The predicted molar refractivity (Wildman–Crippen MR) is 49.0 cm³/mol. The molecular weight excluding hydrogens is 188 g/mol. The van der Waals surface area contributed by atoms with Gasteiger partial charge in [0.05, 0.1) is 5.25 Å². The van der Waals surface area contributed by atoms with Gasteiger partial charge in [-0.15, -0.1) is 0 Å². The van der Waals surface area contributed by atoms with Crippen molar-refractivity contribution in [3.63, 3.8) is 0 Å². The Balaban J connectivity index is 3.09. The van der Waals surface area contributed by atoms with Crippen molar-refractivity contribution in [3.05, 3.63) is 18.5 Å². The van der Waals surface area contributed by atoms with E-state index in [1.807, 2.05) is 6.92 Å². The molecule has 1 atom stereocenters. The molecule has 13 heavy (non-hydrogen) atoms. The third kappa shape index (κ3) is 2.03. The van der Waals surface area contributed by atoms with Crippen molar-refractivity contribution in [3.8, 4) is 0 Å². The first-order chi connectivity index (χ1) is 6.09. The molecule has 0 radical (unpaired) electrons. The highest BCUT2D eigenvalue weighted by molar-refractivity contribution is 7.91. The summed E-state index contributed by atoms with van der Waals surface area (Å²) in [7, 11) is -3.31. The lowest BCUT2D eigenvalue weighted by molar-refractivity contribution is 0.571. The zero-order valence-corrected chi connectivity index (χ0v) is 8.45. The number of hydrogen-bond acceptors (Lipinski definition) is 4. The van der Waals surface area contributed by atoms with Gasteiger partial charge >= 0.3 is 0 Å². The monoisotopic (exact) mass is 200 g/mol. The molecule has 0 amide bonds. The quantitative estimate of drug-likeness (QED) is 0.684. The molecule has 5 heteroatoms. The molecule has 0 bridgehead atoms. The first-order valence-corrected chi connectivity index (χ1v) is 5.64. The van der Waals surface area contributed by atoms with E-state index in [9.17, 15) is 8.42 Å². The third-order valence-corrected chi connectivity index (χ3v) is 4.01. The summed E-state index contributed by atoms with van der Waals surface area (Å²) in [5.41, 5.74) is 0. The van der Waals surface area contributed by atoms with Gasteiger partial charge < -0.3 is 0 Å². The van der Waals surface area contributed by atoms with Gasteiger partial charge in [-0.1, -0.05) is 6.92 Å². The molecule has 0 aliphatic rings. The molecule has 0 aliphatic carbocycles. The largest absolute Gasteiger partial charge is 0.247 e. The minimum Gasteiger partial charge on any atom is -0.227 e. The van der Waals surface area contributed by atoms with E-state index in [1.165, 1.54) is 12.4 Å². The smallest absolute Gasteiger partial charge is 0.227 e. The van der Waals surface area contributed by atoms with E-state index in [2.05, 4.69) is 9.97 Å². The minimum atomic E-state index is -3.31. The van der Waals surface area contributed by atoms with Gasteiger partial charge in [-0.3, -0.25) is 0 Å². The summed E-state index contributed by atoms with van der Waals surface area (Å²) in [6.07, 6.45) is 3.44. The molecular formula is C8H12N2O2S. The van der Waals surface area contributed by atoms with Gasteiger partial charge in [-0.2, -0.15) is 0 Å². The Labute approximate surface area is 78.0 Å². The maximum absolute atomic E-state index is 11.6. The summed E-state index contributed by atoms with van der Waals surface area (Å²) in [5, 5.41) is -0.501. The summed E-state index contributed by atoms with van der Waals surface area (Å²) in [6, 6.07) is 1.59. The third-order valence-electron chi connectivity index (χ3n) is 1.90. The summed E-state index contributed by atoms with van der Waals surface area (Å²) >= 11 is 0. The predicted octanol–water partition coefficient (Wildman–Crippen LogP) is 1.05. The second-order valence-electron chi connectivity index (χ2n) is 2.80. The van der Waals surface area contributed by atoms with Crippen molar-refractivity contribution in [1.29, 1.82) is 0 Å². The highest BCUT2D eigenvalue weighted by Crippen LogP contribution is 2.12. The van der Waals surface area contributed by atoms with E-state index >= 15 is 0 Å². The fraction of sp³-hybridized carbons (Fsp3) is 0.500. The minimum absolute atomic E-state index is 0.0793. The molecule has 1 heterocycles. The first-order valence-electron chi connectivity index (χ1n) is 4.10. The normalized spacial score (nSPS) is 14.0. The Bertz CT molecular complexity index is 361. The number of sulfone groups is 1. The summed E-state index contributed by atoms with van der Waals surface area (Å²) in [5.74, 6) is 0. The van der Waals surface area contributed by atoms with Crippen LogP contribution in [0.1, 0.15) is 20.3 Å². The average molecular weight is 200 g/mol. The van der Waals surface area contributed by atoms with Crippen LogP contribution in [0, 0.1) is 0 Å². The molecule has 0 saturated heterocycles. The van der Waals surface area contributed by atoms with Crippen LogP contribution in [0.25, 0.3) is 0 Å². The molecule has 1 rings (SSSR count).